The van der Waals surface area contributed by atoms with Gasteiger partial charge in [0.25, 0.3) is 5.91 Å². The Morgan fingerprint density at radius 2 is 2.05 bits per heavy atom. The minimum absolute atomic E-state index is 0.0123. The SMILES string of the molecule is Cc1cc(C(=O)Nc2ncccc2C(=O)O)c(C)o1. The first kappa shape index (κ1) is 12.8. The van der Waals surface area contributed by atoms with Crippen LogP contribution in [-0.2, 0) is 0 Å². The molecular weight excluding hydrogens is 248 g/mol. The van der Waals surface area contributed by atoms with Gasteiger partial charge in [0.15, 0.2) is 0 Å². The fourth-order valence-electron chi connectivity index (χ4n) is 1.71. The van der Waals surface area contributed by atoms with Gasteiger partial charge < -0.3 is 14.8 Å². The predicted molar refractivity (Wildman–Crippen MR) is 67.3 cm³/mol. The van der Waals surface area contributed by atoms with Crippen molar-refractivity contribution in [3.8, 4) is 0 Å². The minimum Gasteiger partial charge on any atom is -0.478 e. The van der Waals surface area contributed by atoms with E-state index in [9.17, 15) is 9.59 Å². The summed E-state index contributed by atoms with van der Waals surface area (Å²) in [5.74, 6) is -0.498. The molecule has 0 aliphatic rings. The molecule has 0 saturated heterocycles. The molecule has 0 radical (unpaired) electrons. The summed E-state index contributed by atoms with van der Waals surface area (Å²) >= 11 is 0. The number of amides is 1. The molecule has 0 aliphatic carbocycles. The van der Waals surface area contributed by atoms with Gasteiger partial charge in [0.2, 0.25) is 0 Å². The standard InChI is InChI=1S/C13H12N2O4/c1-7-6-10(8(2)19-7)12(16)15-11-9(13(17)18)4-3-5-14-11/h3-6H,1-2H3,(H,17,18)(H,14,15,16). The number of hydrogen-bond donors (Lipinski definition) is 2. The number of furan rings is 1. The van der Waals surface area contributed by atoms with Crippen LogP contribution in [0.2, 0.25) is 0 Å². The van der Waals surface area contributed by atoms with Crippen LogP contribution in [-0.4, -0.2) is 22.0 Å². The van der Waals surface area contributed by atoms with E-state index in [0.717, 1.165) is 0 Å². The number of carbonyl (C=O) groups is 2. The zero-order valence-electron chi connectivity index (χ0n) is 10.4. The normalized spacial score (nSPS) is 10.2. The Balaban J connectivity index is 2.29. The van der Waals surface area contributed by atoms with Gasteiger partial charge in [-0.15, -0.1) is 0 Å². The van der Waals surface area contributed by atoms with Gasteiger partial charge in [-0.2, -0.15) is 0 Å². The summed E-state index contributed by atoms with van der Waals surface area (Å²) in [6.45, 7) is 3.39. The number of carboxylic acids is 1. The van der Waals surface area contributed by atoms with Gasteiger partial charge >= 0.3 is 5.97 Å². The summed E-state index contributed by atoms with van der Waals surface area (Å²) in [4.78, 5) is 26.9. The molecule has 1 amide bonds. The molecule has 0 unspecified atom stereocenters. The molecule has 0 saturated carbocycles. The highest BCUT2D eigenvalue weighted by Crippen LogP contribution is 2.17. The van der Waals surface area contributed by atoms with Crippen LogP contribution in [0.15, 0.2) is 28.8 Å². The summed E-state index contributed by atoms with van der Waals surface area (Å²) in [6, 6.07) is 4.46. The van der Waals surface area contributed by atoms with E-state index in [1.807, 2.05) is 0 Å². The van der Waals surface area contributed by atoms with Crippen molar-refractivity contribution in [2.45, 2.75) is 13.8 Å². The van der Waals surface area contributed by atoms with Crippen LogP contribution in [0.25, 0.3) is 0 Å². The second kappa shape index (κ2) is 4.93. The first-order valence-corrected chi connectivity index (χ1v) is 5.55. The lowest BCUT2D eigenvalue weighted by atomic mass is 10.2. The van der Waals surface area contributed by atoms with Crippen LogP contribution in [0.1, 0.15) is 32.2 Å². The number of rotatable bonds is 3. The lowest BCUT2D eigenvalue weighted by Gasteiger charge is -2.06. The summed E-state index contributed by atoms with van der Waals surface area (Å²) < 4.78 is 5.25. The predicted octanol–water partition coefficient (Wildman–Crippen LogP) is 2.24. The smallest absolute Gasteiger partial charge is 0.339 e. The highest BCUT2D eigenvalue weighted by Gasteiger charge is 2.17. The Bertz CT molecular complexity index is 646. The number of nitrogens with zero attached hydrogens (tertiary/aromatic N) is 1. The van der Waals surface area contributed by atoms with E-state index in [4.69, 9.17) is 9.52 Å². The minimum atomic E-state index is -1.15. The fourth-order valence-corrected chi connectivity index (χ4v) is 1.71. The molecule has 98 valence electrons. The van der Waals surface area contributed by atoms with E-state index in [-0.39, 0.29) is 11.4 Å². The second-order valence-corrected chi connectivity index (χ2v) is 3.99. The number of aryl methyl sites for hydroxylation is 2. The van der Waals surface area contributed by atoms with E-state index in [1.54, 1.807) is 19.9 Å². The van der Waals surface area contributed by atoms with Crippen LogP contribution in [0, 0.1) is 13.8 Å². The maximum Gasteiger partial charge on any atom is 0.339 e. The van der Waals surface area contributed by atoms with Gasteiger partial charge in [0.1, 0.15) is 22.9 Å². The molecule has 2 heterocycles. The number of carboxylic acid groups (broad SMARTS) is 1. The summed E-state index contributed by atoms with van der Waals surface area (Å²) in [5, 5.41) is 11.5. The molecular formula is C13H12N2O4. The number of aromatic carboxylic acids is 1. The first-order valence-electron chi connectivity index (χ1n) is 5.55. The van der Waals surface area contributed by atoms with Crippen LogP contribution < -0.4 is 5.32 Å². The summed E-state index contributed by atoms with van der Waals surface area (Å²) in [5.41, 5.74) is 0.299. The van der Waals surface area contributed by atoms with Crippen LogP contribution in [0.5, 0.6) is 0 Å². The number of aromatic nitrogens is 1. The largest absolute Gasteiger partial charge is 0.478 e. The lowest BCUT2D eigenvalue weighted by molar-refractivity contribution is 0.0697. The number of anilines is 1. The highest BCUT2D eigenvalue weighted by molar-refractivity contribution is 6.07. The van der Waals surface area contributed by atoms with Gasteiger partial charge in [-0.05, 0) is 32.0 Å². The Kier molecular flexibility index (Phi) is 3.33. The number of hydrogen-bond acceptors (Lipinski definition) is 4. The van der Waals surface area contributed by atoms with Crippen molar-refractivity contribution < 1.29 is 19.1 Å². The van der Waals surface area contributed by atoms with Crippen LogP contribution >= 0.6 is 0 Å². The molecule has 2 N–H and O–H groups in total. The molecule has 2 aromatic rings. The average Bonchev–Trinajstić information content (AvgIpc) is 2.69. The van der Waals surface area contributed by atoms with Crippen molar-refractivity contribution in [1.82, 2.24) is 4.98 Å². The molecule has 0 atom stereocenters. The molecule has 0 bridgehead atoms. The Labute approximate surface area is 109 Å². The monoisotopic (exact) mass is 260 g/mol. The van der Waals surface area contributed by atoms with E-state index in [1.165, 1.54) is 18.3 Å². The molecule has 0 aromatic carbocycles. The number of pyridine rings is 1. The summed E-state index contributed by atoms with van der Waals surface area (Å²) in [6.07, 6.45) is 1.41. The fraction of sp³-hybridized carbons (Fsp3) is 0.154. The maximum absolute atomic E-state index is 12.0. The zero-order valence-corrected chi connectivity index (χ0v) is 10.4. The zero-order chi connectivity index (χ0) is 14.0. The molecule has 6 heteroatoms. The molecule has 6 nitrogen and oxygen atoms in total. The Morgan fingerprint density at radius 3 is 2.63 bits per heavy atom. The van der Waals surface area contributed by atoms with Crippen LogP contribution in [0.3, 0.4) is 0 Å². The maximum atomic E-state index is 12.0. The molecule has 0 spiro atoms. The van der Waals surface area contributed by atoms with Gasteiger partial charge in [0, 0.05) is 6.20 Å². The third-order valence-corrected chi connectivity index (χ3v) is 2.56. The lowest BCUT2D eigenvalue weighted by Crippen LogP contribution is -2.16. The van der Waals surface area contributed by atoms with Crippen molar-refractivity contribution in [3.05, 3.63) is 47.0 Å². The molecule has 0 fully saturated rings. The van der Waals surface area contributed by atoms with E-state index < -0.39 is 11.9 Å². The molecule has 19 heavy (non-hydrogen) atoms. The number of carbonyl (C=O) groups excluding carboxylic acids is 1. The highest BCUT2D eigenvalue weighted by atomic mass is 16.4. The summed E-state index contributed by atoms with van der Waals surface area (Å²) in [7, 11) is 0. The Hall–Kier alpha value is -2.63. The van der Waals surface area contributed by atoms with E-state index in [0.29, 0.717) is 17.1 Å². The third-order valence-electron chi connectivity index (χ3n) is 2.56. The van der Waals surface area contributed by atoms with Gasteiger partial charge in [0.05, 0.1) is 5.56 Å². The molecule has 2 aromatic heterocycles. The van der Waals surface area contributed by atoms with Gasteiger partial charge in [-0.1, -0.05) is 0 Å². The average molecular weight is 260 g/mol. The van der Waals surface area contributed by atoms with Crippen molar-refractivity contribution >= 4 is 17.7 Å². The van der Waals surface area contributed by atoms with E-state index in [2.05, 4.69) is 10.3 Å². The van der Waals surface area contributed by atoms with Crippen molar-refractivity contribution in [2.24, 2.45) is 0 Å². The van der Waals surface area contributed by atoms with Gasteiger partial charge in [-0.3, -0.25) is 4.79 Å². The molecule has 2 rings (SSSR count). The Morgan fingerprint density at radius 1 is 1.32 bits per heavy atom. The topological polar surface area (TPSA) is 92.4 Å². The van der Waals surface area contributed by atoms with Crippen molar-refractivity contribution in [1.29, 1.82) is 0 Å². The number of nitrogens with one attached hydrogen (secondary N) is 1. The second-order valence-electron chi connectivity index (χ2n) is 3.99. The third kappa shape index (κ3) is 2.62. The quantitative estimate of drug-likeness (QED) is 0.882. The first-order chi connectivity index (χ1) is 8.99. The van der Waals surface area contributed by atoms with Gasteiger partial charge in [-0.25, -0.2) is 9.78 Å². The van der Waals surface area contributed by atoms with Crippen molar-refractivity contribution in [2.75, 3.05) is 5.32 Å². The van der Waals surface area contributed by atoms with E-state index >= 15 is 0 Å². The van der Waals surface area contributed by atoms with Crippen LogP contribution in [0.4, 0.5) is 5.82 Å². The van der Waals surface area contributed by atoms with Crippen molar-refractivity contribution in [3.63, 3.8) is 0 Å². The molecule has 0 aliphatic heterocycles.